The summed E-state index contributed by atoms with van der Waals surface area (Å²) in [5, 5.41) is 11.6. The molecule has 0 aliphatic carbocycles. The van der Waals surface area contributed by atoms with Crippen molar-refractivity contribution in [2.45, 2.75) is 13.0 Å². The number of amides is 1. The second-order valence-corrected chi connectivity index (χ2v) is 3.83. The number of hydrogen-bond donors (Lipinski definition) is 2. The number of nitrogens with zero attached hydrogens (tertiary/aromatic N) is 2. The number of rotatable bonds is 4. The van der Waals surface area contributed by atoms with Gasteiger partial charge in [-0.05, 0) is 19.1 Å². The van der Waals surface area contributed by atoms with Crippen molar-refractivity contribution < 1.29 is 9.90 Å². The third-order valence-electron chi connectivity index (χ3n) is 2.11. The molecule has 0 unspecified atom stereocenters. The third-order valence-corrected chi connectivity index (χ3v) is 2.11. The van der Waals surface area contributed by atoms with Gasteiger partial charge in [-0.1, -0.05) is 0 Å². The van der Waals surface area contributed by atoms with Gasteiger partial charge in [0.2, 0.25) is 0 Å². The highest BCUT2D eigenvalue weighted by Gasteiger charge is 2.14. The van der Waals surface area contributed by atoms with E-state index < -0.39 is 0 Å². The smallest absolute Gasteiger partial charge is 0.255 e. The lowest BCUT2D eigenvalue weighted by Gasteiger charge is -2.17. The van der Waals surface area contributed by atoms with E-state index in [2.05, 4.69) is 10.3 Å². The van der Waals surface area contributed by atoms with Crippen molar-refractivity contribution in [3.63, 3.8) is 0 Å². The van der Waals surface area contributed by atoms with Gasteiger partial charge >= 0.3 is 0 Å². The standard InChI is InChI=1S/C11H17N3O2/c1-8(7-15)13-11(16)9-5-4-6-12-10(9)14(2)3/h4-6,8,15H,7H2,1-3H3,(H,13,16)/t8-/m0/s1. The van der Waals surface area contributed by atoms with E-state index in [1.807, 2.05) is 14.1 Å². The van der Waals surface area contributed by atoms with Crippen molar-refractivity contribution in [3.8, 4) is 0 Å². The van der Waals surface area contributed by atoms with E-state index in [1.54, 1.807) is 30.2 Å². The summed E-state index contributed by atoms with van der Waals surface area (Å²) in [6.45, 7) is 1.66. The maximum Gasteiger partial charge on any atom is 0.255 e. The van der Waals surface area contributed by atoms with E-state index in [-0.39, 0.29) is 18.6 Å². The fraction of sp³-hybridized carbons (Fsp3) is 0.455. The molecule has 1 aromatic heterocycles. The monoisotopic (exact) mass is 223 g/mol. The second-order valence-electron chi connectivity index (χ2n) is 3.83. The summed E-state index contributed by atoms with van der Waals surface area (Å²) in [6.07, 6.45) is 1.64. The zero-order chi connectivity index (χ0) is 12.1. The molecule has 1 heterocycles. The zero-order valence-electron chi connectivity index (χ0n) is 9.77. The summed E-state index contributed by atoms with van der Waals surface area (Å²) < 4.78 is 0. The molecule has 1 atom stereocenters. The number of nitrogens with one attached hydrogen (secondary N) is 1. The van der Waals surface area contributed by atoms with Gasteiger partial charge in [-0.25, -0.2) is 4.98 Å². The Kier molecular flexibility index (Phi) is 4.25. The molecule has 1 amide bonds. The van der Waals surface area contributed by atoms with Crippen molar-refractivity contribution in [2.75, 3.05) is 25.6 Å². The highest BCUT2D eigenvalue weighted by atomic mass is 16.3. The van der Waals surface area contributed by atoms with E-state index in [0.717, 1.165) is 0 Å². The molecule has 88 valence electrons. The molecule has 0 aliphatic rings. The van der Waals surface area contributed by atoms with E-state index in [4.69, 9.17) is 5.11 Å². The van der Waals surface area contributed by atoms with Gasteiger partial charge in [0.25, 0.3) is 5.91 Å². The van der Waals surface area contributed by atoms with Gasteiger partial charge in [-0.3, -0.25) is 4.79 Å². The molecule has 0 saturated carbocycles. The lowest BCUT2D eigenvalue weighted by molar-refractivity contribution is 0.0922. The van der Waals surface area contributed by atoms with Gasteiger partial charge in [-0.15, -0.1) is 0 Å². The molecule has 1 rings (SSSR count). The fourth-order valence-corrected chi connectivity index (χ4v) is 1.28. The number of anilines is 1. The van der Waals surface area contributed by atoms with E-state index >= 15 is 0 Å². The Labute approximate surface area is 95.1 Å². The molecule has 2 N–H and O–H groups in total. The van der Waals surface area contributed by atoms with Gasteiger partial charge < -0.3 is 15.3 Å². The lowest BCUT2D eigenvalue weighted by Crippen LogP contribution is -2.35. The number of aliphatic hydroxyl groups is 1. The molecular formula is C11H17N3O2. The van der Waals surface area contributed by atoms with Gasteiger partial charge in [0.05, 0.1) is 12.2 Å². The van der Waals surface area contributed by atoms with Crippen LogP contribution in [0.2, 0.25) is 0 Å². The first-order chi connectivity index (χ1) is 7.56. The minimum atomic E-state index is -0.261. The Morgan fingerprint density at radius 1 is 1.62 bits per heavy atom. The number of carbonyl (C=O) groups is 1. The zero-order valence-corrected chi connectivity index (χ0v) is 9.77. The van der Waals surface area contributed by atoms with Crippen LogP contribution in [-0.2, 0) is 0 Å². The lowest BCUT2D eigenvalue weighted by atomic mass is 10.2. The van der Waals surface area contributed by atoms with Crippen LogP contribution in [0.15, 0.2) is 18.3 Å². The Bertz CT molecular complexity index is 366. The molecule has 0 aromatic carbocycles. The van der Waals surface area contributed by atoms with E-state index in [1.165, 1.54) is 0 Å². The Morgan fingerprint density at radius 3 is 2.88 bits per heavy atom. The predicted molar refractivity (Wildman–Crippen MR) is 62.6 cm³/mol. The van der Waals surface area contributed by atoms with Crippen LogP contribution in [0.4, 0.5) is 5.82 Å². The summed E-state index contributed by atoms with van der Waals surface area (Å²) in [5.41, 5.74) is 0.507. The van der Waals surface area contributed by atoms with Crippen LogP contribution in [0.3, 0.4) is 0 Å². The SMILES string of the molecule is C[C@@H](CO)NC(=O)c1cccnc1N(C)C. The predicted octanol–water partition coefficient (Wildman–Crippen LogP) is 0.258. The number of aliphatic hydroxyl groups excluding tert-OH is 1. The van der Waals surface area contributed by atoms with Crippen LogP contribution in [0.25, 0.3) is 0 Å². The molecular weight excluding hydrogens is 206 g/mol. The van der Waals surface area contributed by atoms with Crippen molar-refractivity contribution in [1.29, 1.82) is 0 Å². The summed E-state index contributed by atoms with van der Waals surface area (Å²) in [4.78, 5) is 17.8. The molecule has 0 aliphatic heterocycles. The highest BCUT2D eigenvalue weighted by Crippen LogP contribution is 2.14. The van der Waals surface area contributed by atoms with Crippen molar-refractivity contribution in [1.82, 2.24) is 10.3 Å². The Balaban J connectivity index is 2.90. The normalized spacial score (nSPS) is 12.0. The highest BCUT2D eigenvalue weighted by molar-refractivity contribution is 5.98. The molecule has 0 bridgehead atoms. The maximum absolute atomic E-state index is 11.9. The largest absolute Gasteiger partial charge is 0.394 e. The van der Waals surface area contributed by atoms with Crippen LogP contribution in [0.1, 0.15) is 17.3 Å². The Hall–Kier alpha value is -1.62. The minimum Gasteiger partial charge on any atom is -0.394 e. The van der Waals surface area contributed by atoms with Gasteiger partial charge in [0.1, 0.15) is 5.82 Å². The van der Waals surface area contributed by atoms with Gasteiger partial charge in [0, 0.05) is 26.3 Å². The first kappa shape index (κ1) is 12.4. The average molecular weight is 223 g/mol. The summed E-state index contributed by atoms with van der Waals surface area (Å²) >= 11 is 0. The molecule has 0 radical (unpaired) electrons. The van der Waals surface area contributed by atoms with Gasteiger partial charge in [-0.2, -0.15) is 0 Å². The Morgan fingerprint density at radius 2 is 2.31 bits per heavy atom. The van der Waals surface area contributed by atoms with Crippen LogP contribution in [-0.4, -0.2) is 42.7 Å². The quantitative estimate of drug-likeness (QED) is 0.768. The van der Waals surface area contributed by atoms with Crippen molar-refractivity contribution in [3.05, 3.63) is 23.9 Å². The van der Waals surface area contributed by atoms with Crippen LogP contribution >= 0.6 is 0 Å². The van der Waals surface area contributed by atoms with Crippen LogP contribution in [0.5, 0.6) is 0 Å². The number of aromatic nitrogens is 1. The average Bonchev–Trinajstić information content (AvgIpc) is 2.28. The second kappa shape index (κ2) is 5.46. The molecule has 16 heavy (non-hydrogen) atoms. The van der Waals surface area contributed by atoms with E-state index in [0.29, 0.717) is 11.4 Å². The van der Waals surface area contributed by atoms with Crippen molar-refractivity contribution >= 4 is 11.7 Å². The first-order valence-corrected chi connectivity index (χ1v) is 5.10. The van der Waals surface area contributed by atoms with E-state index in [9.17, 15) is 4.79 Å². The topological polar surface area (TPSA) is 65.5 Å². The molecule has 0 spiro atoms. The third kappa shape index (κ3) is 2.93. The molecule has 0 saturated heterocycles. The molecule has 5 nitrogen and oxygen atoms in total. The number of pyridine rings is 1. The molecule has 0 fully saturated rings. The summed E-state index contributed by atoms with van der Waals surface area (Å²) in [7, 11) is 3.66. The molecule has 5 heteroatoms. The summed E-state index contributed by atoms with van der Waals surface area (Å²) in [6, 6.07) is 3.16. The van der Waals surface area contributed by atoms with Gasteiger partial charge in [0.15, 0.2) is 0 Å². The summed E-state index contributed by atoms with van der Waals surface area (Å²) in [5.74, 6) is 0.392. The minimum absolute atomic E-state index is 0.0801. The van der Waals surface area contributed by atoms with Crippen LogP contribution in [0, 0.1) is 0 Å². The number of hydrogen-bond acceptors (Lipinski definition) is 4. The number of carbonyl (C=O) groups excluding carboxylic acids is 1. The maximum atomic E-state index is 11.9. The molecule has 1 aromatic rings. The fourth-order valence-electron chi connectivity index (χ4n) is 1.28. The van der Waals surface area contributed by atoms with Crippen molar-refractivity contribution in [2.24, 2.45) is 0 Å². The van der Waals surface area contributed by atoms with Crippen LogP contribution < -0.4 is 10.2 Å². The first-order valence-electron chi connectivity index (χ1n) is 5.10.